The first kappa shape index (κ1) is 12.4. The predicted octanol–water partition coefficient (Wildman–Crippen LogP) is 2.21. The minimum absolute atomic E-state index is 0.355. The van der Waals surface area contributed by atoms with Gasteiger partial charge in [-0.25, -0.2) is 0 Å². The number of hydrogen-bond acceptors (Lipinski definition) is 4. The second kappa shape index (κ2) is 5.17. The van der Waals surface area contributed by atoms with E-state index in [4.69, 9.17) is 4.74 Å². The number of ether oxygens (including phenoxy) is 1. The van der Waals surface area contributed by atoms with Gasteiger partial charge in [0.05, 0.1) is 5.69 Å². The summed E-state index contributed by atoms with van der Waals surface area (Å²) in [6, 6.07) is 2.94. The van der Waals surface area contributed by atoms with Crippen LogP contribution in [0.2, 0.25) is 0 Å². The van der Waals surface area contributed by atoms with Gasteiger partial charge in [-0.2, -0.15) is 9.97 Å². The van der Waals surface area contributed by atoms with Crippen LogP contribution in [-0.2, 0) is 0 Å². The average Bonchev–Trinajstić information content (AvgIpc) is 3.06. The van der Waals surface area contributed by atoms with Crippen molar-refractivity contribution in [3.05, 3.63) is 18.0 Å². The predicted molar refractivity (Wildman–Crippen MR) is 74.5 cm³/mol. The van der Waals surface area contributed by atoms with Crippen LogP contribution in [0.1, 0.15) is 38.3 Å². The van der Waals surface area contributed by atoms with E-state index < -0.39 is 0 Å². The molecule has 1 aliphatic rings. The van der Waals surface area contributed by atoms with Gasteiger partial charge < -0.3 is 15.0 Å². The van der Waals surface area contributed by atoms with Crippen molar-refractivity contribution in [1.82, 2.24) is 20.3 Å². The molecular weight excluding hydrogens is 240 g/mol. The highest BCUT2D eigenvalue weighted by molar-refractivity contribution is 5.78. The number of aromatic amines is 1. The van der Waals surface area contributed by atoms with Crippen molar-refractivity contribution >= 4 is 11.0 Å². The van der Waals surface area contributed by atoms with Crippen LogP contribution < -0.4 is 10.1 Å². The second-order valence-electron chi connectivity index (χ2n) is 5.39. The van der Waals surface area contributed by atoms with E-state index >= 15 is 0 Å². The summed E-state index contributed by atoms with van der Waals surface area (Å²) in [5, 5.41) is 4.49. The lowest BCUT2D eigenvalue weighted by Gasteiger charge is -2.12. The molecule has 2 N–H and O–H groups in total. The molecule has 1 saturated heterocycles. The van der Waals surface area contributed by atoms with Crippen LogP contribution in [0.4, 0.5) is 0 Å². The Hall–Kier alpha value is -1.62. The summed E-state index contributed by atoms with van der Waals surface area (Å²) >= 11 is 0. The molecule has 0 unspecified atom stereocenters. The van der Waals surface area contributed by atoms with E-state index in [2.05, 4.69) is 34.1 Å². The Morgan fingerprint density at radius 3 is 3.05 bits per heavy atom. The zero-order valence-corrected chi connectivity index (χ0v) is 11.4. The molecular formula is C14H20N4O. The molecule has 1 atom stereocenters. The van der Waals surface area contributed by atoms with Crippen LogP contribution in [0.3, 0.4) is 0 Å². The van der Waals surface area contributed by atoms with Gasteiger partial charge in [-0.3, -0.25) is 0 Å². The van der Waals surface area contributed by atoms with E-state index in [-0.39, 0.29) is 0 Å². The van der Waals surface area contributed by atoms with Crippen molar-refractivity contribution in [2.45, 2.75) is 38.6 Å². The fourth-order valence-electron chi connectivity index (χ4n) is 2.52. The molecule has 0 bridgehead atoms. The minimum Gasteiger partial charge on any atom is -0.462 e. The fraction of sp³-hybridized carbons (Fsp3) is 0.571. The molecule has 0 aliphatic carbocycles. The zero-order valence-electron chi connectivity index (χ0n) is 11.4. The Bertz CT molecular complexity index is 558. The molecule has 2 aromatic heterocycles. The molecule has 1 aliphatic heterocycles. The summed E-state index contributed by atoms with van der Waals surface area (Å²) in [5.41, 5.74) is 1.90. The molecule has 0 radical (unpaired) electrons. The molecule has 0 spiro atoms. The molecule has 3 rings (SSSR count). The van der Waals surface area contributed by atoms with E-state index in [0.29, 0.717) is 24.6 Å². The Morgan fingerprint density at radius 2 is 2.32 bits per heavy atom. The number of nitrogens with zero attached hydrogens (tertiary/aromatic N) is 2. The Morgan fingerprint density at radius 1 is 1.42 bits per heavy atom. The van der Waals surface area contributed by atoms with Gasteiger partial charge in [0, 0.05) is 17.6 Å². The third kappa shape index (κ3) is 2.56. The van der Waals surface area contributed by atoms with Gasteiger partial charge >= 0.3 is 6.01 Å². The average molecular weight is 260 g/mol. The molecule has 2 aromatic rings. The van der Waals surface area contributed by atoms with Crippen molar-refractivity contribution in [3.8, 4) is 6.01 Å². The lowest BCUT2D eigenvalue weighted by atomic mass is 10.1. The normalized spacial score (nSPS) is 19.4. The summed E-state index contributed by atoms with van der Waals surface area (Å²) in [6.07, 6.45) is 4.29. The molecule has 0 saturated carbocycles. The van der Waals surface area contributed by atoms with Crippen LogP contribution in [0.5, 0.6) is 6.01 Å². The van der Waals surface area contributed by atoms with Gasteiger partial charge in [-0.05, 0) is 31.4 Å². The van der Waals surface area contributed by atoms with Crippen LogP contribution in [0, 0.1) is 0 Å². The maximum Gasteiger partial charge on any atom is 0.318 e. The quantitative estimate of drug-likeness (QED) is 0.884. The van der Waals surface area contributed by atoms with E-state index in [0.717, 1.165) is 23.3 Å². The lowest BCUT2D eigenvalue weighted by Crippen LogP contribution is -2.28. The fourth-order valence-corrected chi connectivity index (χ4v) is 2.52. The highest BCUT2D eigenvalue weighted by atomic mass is 16.5. The van der Waals surface area contributed by atoms with E-state index in [9.17, 15) is 0 Å². The highest BCUT2D eigenvalue weighted by Gasteiger charge is 2.17. The molecule has 0 amide bonds. The van der Waals surface area contributed by atoms with Gasteiger partial charge in [-0.1, -0.05) is 13.8 Å². The van der Waals surface area contributed by atoms with Crippen molar-refractivity contribution in [2.24, 2.45) is 0 Å². The second-order valence-corrected chi connectivity index (χ2v) is 5.39. The number of fused-ring (bicyclic) bond motifs is 1. The third-order valence-corrected chi connectivity index (χ3v) is 3.55. The molecule has 5 nitrogen and oxygen atoms in total. The van der Waals surface area contributed by atoms with Gasteiger partial charge in [0.15, 0.2) is 0 Å². The molecule has 102 valence electrons. The molecule has 0 aromatic carbocycles. The van der Waals surface area contributed by atoms with Crippen LogP contribution in [-0.4, -0.2) is 34.1 Å². The Labute approximate surface area is 112 Å². The summed E-state index contributed by atoms with van der Waals surface area (Å²) < 4.78 is 5.75. The monoisotopic (exact) mass is 260 g/mol. The Balaban J connectivity index is 1.82. The number of H-pyrrole nitrogens is 1. The van der Waals surface area contributed by atoms with Crippen molar-refractivity contribution in [2.75, 3.05) is 13.2 Å². The number of hydrogen-bond donors (Lipinski definition) is 2. The van der Waals surface area contributed by atoms with E-state index in [1.165, 1.54) is 12.8 Å². The standard InChI is InChI=1S/C14H20N4O/c1-9(2)12-11-5-7-16-13(11)18-14(17-12)19-8-10-4-3-6-15-10/h5,7,9-10,15H,3-4,6,8H2,1-2H3,(H,16,17,18)/t10-/m0/s1. The minimum atomic E-state index is 0.355. The van der Waals surface area contributed by atoms with E-state index in [1.54, 1.807) is 0 Å². The molecule has 5 heteroatoms. The first-order valence-electron chi connectivity index (χ1n) is 6.95. The van der Waals surface area contributed by atoms with Gasteiger partial charge in [0.2, 0.25) is 0 Å². The third-order valence-electron chi connectivity index (χ3n) is 3.55. The number of nitrogens with one attached hydrogen (secondary N) is 2. The van der Waals surface area contributed by atoms with Gasteiger partial charge in [0.1, 0.15) is 12.3 Å². The molecule has 1 fully saturated rings. The SMILES string of the molecule is CC(C)c1nc(OC[C@@H]2CCCN2)nc2[nH]ccc12. The topological polar surface area (TPSA) is 62.8 Å². The first-order chi connectivity index (χ1) is 9.24. The van der Waals surface area contributed by atoms with Crippen molar-refractivity contribution in [3.63, 3.8) is 0 Å². The Kier molecular flexibility index (Phi) is 3.38. The van der Waals surface area contributed by atoms with E-state index in [1.807, 2.05) is 12.3 Å². The lowest BCUT2D eigenvalue weighted by molar-refractivity contribution is 0.257. The first-order valence-corrected chi connectivity index (χ1v) is 6.95. The van der Waals surface area contributed by atoms with Crippen LogP contribution in [0.15, 0.2) is 12.3 Å². The van der Waals surface area contributed by atoms with Crippen LogP contribution >= 0.6 is 0 Å². The molecule has 3 heterocycles. The summed E-state index contributed by atoms with van der Waals surface area (Å²) in [4.78, 5) is 12.1. The number of aromatic nitrogens is 3. The van der Waals surface area contributed by atoms with Gasteiger partial charge in [-0.15, -0.1) is 0 Å². The van der Waals surface area contributed by atoms with Crippen molar-refractivity contribution in [1.29, 1.82) is 0 Å². The van der Waals surface area contributed by atoms with Crippen LogP contribution in [0.25, 0.3) is 11.0 Å². The highest BCUT2D eigenvalue weighted by Crippen LogP contribution is 2.24. The summed E-state index contributed by atoms with van der Waals surface area (Å²) in [6.45, 7) is 6.00. The smallest absolute Gasteiger partial charge is 0.318 e. The zero-order chi connectivity index (χ0) is 13.2. The largest absolute Gasteiger partial charge is 0.462 e. The maximum absolute atomic E-state index is 5.75. The maximum atomic E-state index is 5.75. The van der Waals surface area contributed by atoms with Crippen molar-refractivity contribution < 1.29 is 4.74 Å². The molecule has 19 heavy (non-hydrogen) atoms. The summed E-state index contributed by atoms with van der Waals surface area (Å²) in [7, 11) is 0. The number of rotatable bonds is 4. The summed E-state index contributed by atoms with van der Waals surface area (Å²) in [5.74, 6) is 0.355. The van der Waals surface area contributed by atoms with Gasteiger partial charge in [0.25, 0.3) is 0 Å².